The molecule has 0 saturated heterocycles. The zero-order valence-electron chi connectivity index (χ0n) is 13.2. The van der Waals surface area contributed by atoms with E-state index in [9.17, 15) is 0 Å². The van der Waals surface area contributed by atoms with Crippen LogP contribution in [0.5, 0.6) is 0 Å². The van der Waals surface area contributed by atoms with Gasteiger partial charge in [0.1, 0.15) is 0 Å². The van der Waals surface area contributed by atoms with Crippen LogP contribution in [-0.4, -0.2) is 19.6 Å². The molecule has 0 aliphatic heterocycles. The minimum atomic E-state index is 0. The highest BCUT2D eigenvalue weighted by Crippen LogP contribution is 2.16. The van der Waals surface area contributed by atoms with E-state index in [1.165, 1.54) is 5.56 Å². The largest absolute Gasteiger partial charge is 0.356 e. The predicted octanol–water partition coefficient (Wildman–Crippen LogP) is 3.71. The normalized spacial score (nSPS) is 12.0. The molecule has 1 unspecified atom stereocenters. The van der Waals surface area contributed by atoms with Crippen LogP contribution < -0.4 is 10.6 Å². The van der Waals surface area contributed by atoms with Crippen LogP contribution in [0.1, 0.15) is 29.5 Å². The summed E-state index contributed by atoms with van der Waals surface area (Å²) in [6.07, 6.45) is 0. The summed E-state index contributed by atoms with van der Waals surface area (Å²) < 4.78 is 0. The maximum Gasteiger partial charge on any atom is 0.191 e. The fourth-order valence-corrected chi connectivity index (χ4v) is 2.81. The van der Waals surface area contributed by atoms with Gasteiger partial charge in [-0.3, -0.25) is 4.99 Å². The van der Waals surface area contributed by atoms with Crippen LogP contribution >= 0.6 is 35.3 Å². The molecule has 1 heterocycles. The van der Waals surface area contributed by atoms with Crippen LogP contribution in [0.3, 0.4) is 0 Å². The van der Waals surface area contributed by atoms with Gasteiger partial charge in [-0.15, -0.1) is 24.0 Å². The van der Waals surface area contributed by atoms with Gasteiger partial charge in [0.2, 0.25) is 0 Å². The zero-order chi connectivity index (χ0) is 15.8. The minimum absolute atomic E-state index is 0. The van der Waals surface area contributed by atoms with Crippen molar-refractivity contribution in [2.45, 2.75) is 19.4 Å². The molecular formula is C17H21IN4S. The molecule has 0 amide bonds. The lowest BCUT2D eigenvalue weighted by atomic mass is 10.1. The van der Waals surface area contributed by atoms with Gasteiger partial charge in [0.05, 0.1) is 11.6 Å². The molecule has 0 aliphatic carbocycles. The van der Waals surface area contributed by atoms with Crippen molar-refractivity contribution >= 4 is 41.3 Å². The summed E-state index contributed by atoms with van der Waals surface area (Å²) in [7, 11) is 1.77. The van der Waals surface area contributed by atoms with E-state index in [4.69, 9.17) is 5.26 Å². The van der Waals surface area contributed by atoms with Gasteiger partial charge in [0.15, 0.2) is 5.96 Å². The topological polar surface area (TPSA) is 60.2 Å². The smallest absolute Gasteiger partial charge is 0.191 e. The van der Waals surface area contributed by atoms with E-state index < -0.39 is 0 Å². The van der Waals surface area contributed by atoms with Crippen molar-refractivity contribution in [1.82, 2.24) is 10.6 Å². The van der Waals surface area contributed by atoms with E-state index in [2.05, 4.69) is 45.4 Å². The van der Waals surface area contributed by atoms with E-state index >= 15 is 0 Å². The summed E-state index contributed by atoms with van der Waals surface area (Å²) in [5.74, 6) is 1.23. The molecule has 2 N–H and O–H groups in total. The molecule has 1 aromatic carbocycles. The first-order chi connectivity index (χ1) is 10.7. The Morgan fingerprint density at radius 3 is 2.57 bits per heavy atom. The number of aliphatic imine (C=N–C) groups is 1. The lowest BCUT2D eigenvalue weighted by Crippen LogP contribution is -2.38. The Labute approximate surface area is 158 Å². The van der Waals surface area contributed by atoms with Gasteiger partial charge in [0, 0.05) is 20.1 Å². The molecule has 0 aliphatic rings. The Balaban J connectivity index is 0.00000264. The average molecular weight is 440 g/mol. The molecule has 4 nitrogen and oxygen atoms in total. The second-order valence-electron chi connectivity index (χ2n) is 5.07. The third-order valence-corrected chi connectivity index (χ3v) is 4.16. The quantitative estimate of drug-likeness (QED) is 0.424. The number of nitrogens with zero attached hydrogens (tertiary/aromatic N) is 2. The maximum absolute atomic E-state index is 8.79. The molecule has 23 heavy (non-hydrogen) atoms. The van der Waals surface area contributed by atoms with Crippen molar-refractivity contribution in [3.05, 3.63) is 57.8 Å². The summed E-state index contributed by atoms with van der Waals surface area (Å²) >= 11 is 1.72. The number of hydrogen-bond acceptors (Lipinski definition) is 3. The zero-order valence-corrected chi connectivity index (χ0v) is 16.4. The second-order valence-corrected chi connectivity index (χ2v) is 5.85. The number of benzene rings is 1. The summed E-state index contributed by atoms with van der Waals surface area (Å²) in [4.78, 5) is 4.23. The molecule has 2 rings (SSSR count). The molecule has 6 heteroatoms. The van der Waals surface area contributed by atoms with Gasteiger partial charge in [-0.25, -0.2) is 0 Å². The van der Waals surface area contributed by atoms with Crippen LogP contribution in [-0.2, 0) is 6.54 Å². The number of rotatable bonds is 5. The number of hydrogen-bond donors (Lipinski definition) is 2. The lowest BCUT2D eigenvalue weighted by molar-refractivity contribution is 0.701. The number of nitrogens with one attached hydrogen (secondary N) is 2. The maximum atomic E-state index is 8.79. The molecule has 122 valence electrons. The summed E-state index contributed by atoms with van der Waals surface area (Å²) in [6.45, 7) is 3.71. The van der Waals surface area contributed by atoms with Crippen molar-refractivity contribution in [2.75, 3.05) is 13.6 Å². The van der Waals surface area contributed by atoms with E-state index in [0.29, 0.717) is 18.0 Å². The molecule has 0 fully saturated rings. The van der Waals surface area contributed by atoms with Gasteiger partial charge in [-0.05, 0) is 46.0 Å². The van der Waals surface area contributed by atoms with E-state index in [1.807, 2.05) is 24.3 Å². The third-order valence-electron chi connectivity index (χ3n) is 3.45. The van der Waals surface area contributed by atoms with Crippen molar-refractivity contribution < 1.29 is 0 Å². The number of nitriles is 1. The van der Waals surface area contributed by atoms with Gasteiger partial charge < -0.3 is 10.6 Å². The molecule has 1 aromatic heterocycles. The number of guanidine groups is 1. The van der Waals surface area contributed by atoms with Crippen molar-refractivity contribution in [3.8, 4) is 6.07 Å². The third kappa shape index (κ3) is 6.20. The van der Waals surface area contributed by atoms with Crippen molar-refractivity contribution in [2.24, 2.45) is 4.99 Å². The van der Waals surface area contributed by atoms with E-state index in [0.717, 1.165) is 18.1 Å². The Hall–Kier alpha value is -1.59. The Bertz CT molecular complexity index is 644. The Morgan fingerprint density at radius 2 is 2.00 bits per heavy atom. The van der Waals surface area contributed by atoms with Gasteiger partial charge in [-0.2, -0.15) is 16.6 Å². The van der Waals surface area contributed by atoms with Gasteiger partial charge in [0.25, 0.3) is 0 Å². The highest BCUT2D eigenvalue weighted by molar-refractivity contribution is 14.0. The van der Waals surface area contributed by atoms with E-state index in [-0.39, 0.29) is 24.0 Å². The van der Waals surface area contributed by atoms with Crippen molar-refractivity contribution in [1.29, 1.82) is 5.26 Å². The van der Waals surface area contributed by atoms with Crippen LogP contribution in [0.4, 0.5) is 0 Å². The van der Waals surface area contributed by atoms with Crippen LogP contribution in [0, 0.1) is 11.3 Å². The molecule has 1 atom stereocenters. The van der Waals surface area contributed by atoms with Crippen LogP contribution in [0.25, 0.3) is 0 Å². The number of halogens is 1. The molecule has 0 radical (unpaired) electrons. The number of thiophene rings is 1. The van der Waals surface area contributed by atoms with Crippen LogP contribution in [0.2, 0.25) is 0 Å². The highest BCUT2D eigenvalue weighted by Gasteiger charge is 2.06. The lowest BCUT2D eigenvalue weighted by Gasteiger charge is -2.15. The SMILES string of the molecule is CN=C(NCc1ccc(C#N)cc1)NCC(C)c1ccsc1.I. The molecule has 0 bridgehead atoms. The van der Waals surface area contributed by atoms with E-state index in [1.54, 1.807) is 18.4 Å². The molecule has 0 spiro atoms. The fourth-order valence-electron chi connectivity index (χ4n) is 2.03. The summed E-state index contributed by atoms with van der Waals surface area (Å²) in [6, 6.07) is 11.8. The average Bonchev–Trinajstić information content (AvgIpc) is 3.10. The summed E-state index contributed by atoms with van der Waals surface area (Å²) in [5, 5.41) is 19.7. The minimum Gasteiger partial charge on any atom is -0.356 e. The predicted molar refractivity (Wildman–Crippen MR) is 108 cm³/mol. The van der Waals surface area contributed by atoms with Crippen LogP contribution in [0.15, 0.2) is 46.1 Å². The van der Waals surface area contributed by atoms with Crippen molar-refractivity contribution in [3.63, 3.8) is 0 Å². The fraction of sp³-hybridized carbons (Fsp3) is 0.294. The molecular weight excluding hydrogens is 419 g/mol. The van der Waals surface area contributed by atoms with Gasteiger partial charge >= 0.3 is 0 Å². The second kappa shape index (κ2) is 10.2. The molecule has 2 aromatic rings. The standard InChI is InChI=1S/C17H20N4S.HI/c1-13(16-7-8-22-12-16)10-20-17(19-2)21-11-15-5-3-14(9-18)4-6-15;/h3-8,12-13H,10-11H2,1-2H3,(H2,19,20,21);1H. The Morgan fingerprint density at radius 1 is 1.26 bits per heavy atom. The monoisotopic (exact) mass is 440 g/mol. The Kier molecular flexibility index (Phi) is 8.66. The summed E-state index contributed by atoms with van der Waals surface area (Å²) in [5.41, 5.74) is 3.14. The first-order valence-electron chi connectivity index (χ1n) is 7.18. The van der Waals surface area contributed by atoms with Gasteiger partial charge in [-0.1, -0.05) is 19.1 Å². The first kappa shape index (κ1) is 19.5. The highest BCUT2D eigenvalue weighted by atomic mass is 127. The molecule has 0 saturated carbocycles. The first-order valence-corrected chi connectivity index (χ1v) is 8.13.